The van der Waals surface area contributed by atoms with Gasteiger partial charge in [-0.25, -0.2) is 4.98 Å². The first-order valence-corrected chi connectivity index (χ1v) is 9.49. The summed E-state index contributed by atoms with van der Waals surface area (Å²) < 4.78 is 12.2. The summed E-state index contributed by atoms with van der Waals surface area (Å²) in [7, 11) is 1.61. The van der Waals surface area contributed by atoms with Crippen LogP contribution in [0.1, 0.15) is 11.3 Å². The molecule has 0 bridgehead atoms. The van der Waals surface area contributed by atoms with Crippen LogP contribution in [-0.4, -0.2) is 27.8 Å². The van der Waals surface area contributed by atoms with Gasteiger partial charge >= 0.3 is 0 Å². The second-order valence-corrected chi connectivity index (χ2v) is 6.98. The van der Waals surface area contributed by atoms with E-state index in [4.69, 9.17) is 9.15 Å². The minimum atomic E-state index is -0.130. The van der Waals surface area contributed by atoms with Gasteiger partial charge in [-0.05, 0) is 36.8 Å². The number of furan rings is 1. The van der Waals surface area contributed by atoms with Crippen LogP contribution >= 0.6 is 11.3 Å². The van der Waals surface area contributed by atoms with Crippen LogP contribution in [0.15, 0.2) is 58.5 Å². The molecule has 142 valence electrons. The Labute approximate surface area is 165 Å². The number of nitrogens with zero attached hydrogens (tertiary/aromatic N) is 3. The van der Waals surface area contributed by atoms with Crippen LogP contribution < -0.4 is 10.1 Å². The van der Waals surface area contributed by atoms with Crippen LogP contribution in [0.4, 0.5) is 5.82 Å². The Morgan fingerprint density at radius 3 is 2.82 bits per heavy atom. The molecule has 0 atom stereocenters. The first-order valence-electron chi connectivity index (χ1n) is 8.61. The Kier molecular flexibility index (Phi) is 4.94. The Morgan fingerprint density at radius 1 is 1.29 bits per heavy atom. The summed E-state index contributed by atoms with van der Waals surface area (Å²) in [6, 6.07) is 12.9. The van der Waals surface area contributed by atoms with Crippen LogP contribution in [0, 0.1) is 6.92 Å². The van der Waals surface area contributed by atoms with Crippen LogP contribution in [0.2, 0.25) is 0 Å². The minimum absolute atomic E-state index is 0.130. The molecular weight excluding hydrogens is 376 g/mol. The smallest absolute Gasteiger partial charge is 0.229 e. The third-order valence-electron chi connectivity index (χ3n) is 4.07. The maximum Gasteiger partial charge on any atom is 0.229 e. The van der Waals surface area contributed by atoms with E-state index in [9.17, 15) is 4.79 Å². The molecule has 0 aliphatic carbocycles. The molecule has 0 aliphatic heterocycles. The van der Waals surface area contributed by atoms with Gasteiger partial charge in [0.25, 0.3) is 0 Å². The number of hydrogen-bond donors (Lipinski definition) is 1. The third-order valence-corrected chi connectivity index (χ3v) is 4.89. The summed E-state index contributed by atoms with van der Waals surface area (Å²) in [6.45, 7) is 1.87. The zero-order valence-corrected chi connectivity index (χ0v) is 16.2. The molecule has 3 aromatic heterocycles. The monoisotopic (exact) mass is 394 g/mol. The van der Waals surface area contributed by atoms with Gasteiger partial charge in [0.05, 0.1) is 25.5 Å². The zero-order valence-electron chi connectivity index (χ0n) is 15.4. The van der Waals surface area contributed by atoms with E-state index in [1.54, 1.807) is 18.1 Å². The molecule has 4 rings (SSSR count). The SMILES string of the molecule is COc1ccc(CC(=O)Nc2cc(C)nn2-c2nc(-c3ccco3)cs2)cc1. The van der Waals surface area contributed by atoms with Crippen molar-refractivity contribution in [1.29, 1.82) is 0 Å². The van der Waals surface area contributed by atoms with Crippen LogP contribution in [0.5, 0.6) is 5.75 Å². The molecule has 0 aliphatic rings. The quantitative estimate of drug-likeness (QED) is 0.533. The van der Waals surface area contributed by atoms with Crippen molar-refractivity contribution >= 4 is 23.1 Å². The average Bonchev–Trinajstić information content (AvgIpc) is 3.42. The molecule has 1 amide bonds. The van der Waals surface area contributed by atoms with Gasteiger partial charge in [0, 0.05) is 11.4 Å². The van der Waals surface area contributed by atoms with Crippen molar-refractivity contribution in [2.75, 3.05) is 12.4 Å². The molecule has 0 radical (unpaired) electrons. The van der Waals surface area contributed by atoms with E-state index in [0.717, 1.165) is 22.7 Å². The van der Waals surface area contributed by atoms with E-state index in [1.165, 1.54) is 11.3 Å². The Balaban J connectivity index is 1.52. The molecule has 4 aromatic rings. The number of thiazole rings is 1. The van der Waals surface area contributed by atoms with Gasteiger partial charge in [0.15, 0.2) is 5.76 Å². The maximum atomic E-state index is 12.5. The summed E-state index contributed by atoms with van der Waals surface area (Å²) >= 11 is 1.43. The minimum Gasteiger partial charge on any atom is -0.497 e. The lowest BCUT2D eigenvalue weighted by molar-refractivity contribution is -0.115. The third kappa shape index (κ3) is 3.81. The first kappa shape index (κ1) is 18.0. The van der Waals surface area contributed by atoms with E-state index in [0.29, 0.717) is 16.7 Å². The second-order valence-electron chi connectivity index (χ2n) is 6.15. The number of methoxy groups -OCH3 is 1. The standard InChI is InChI=1S/C20H18N4O3S/c1-13-10-18(22-19(25)11-14-5-7-15(26-2)8-6-14)24(23-13)20-21-16(12-28-20)17-4-3-9-27-17/h3-10,12H,11H2,1-2H3,(H,22,25). The van der Waals surface area contributed by atoms with Gasteiger partial charge in [0.2, 0.25) is 11.0 Å². The van der Waals surface area contributed by atoms with Crippen LogP contribution in [0.3, 0.4) is 0 Å². The molecule has 1 aromatic carbocycles. The highest BCUT2D eigenvalue weighted by Gasteiger charge is 2.15. The van der Waals surface area contributed by atoms with Crippen LogP contribution in [-0.2, 0) is 11.2 Å². The molecule has 7 nitrogen and oxygen atoms in total. The number of nitrogens with one attached hydrogen (secondary N) is 1. The predicted octanol–water partition coefficient (Wildman–Crippen LogP) is 4.09. The van der Waals surface area contributed by atoms with Crippen molar-refractivity contribution in [3.63, 3.8) is 0 Å². The van der Waals surface area contributed by atoms with Gasteiger partial charge in [-0.2, -0.15) is 9.78 Å². The lowest BCUT2D eigenvalue weighted by atomic mass is 10.1. The number of anilines is 1. The molecule has 0 saturated heterocycles. The highest BCUT2D eigenvalue weighted by atomic mass is 32.1. The average molecular weight is 394 g/mol. The largest absolute Gasteiger partial charge is 0.497 e. The van der Waals surface area contributed by atoms with E-state index in [-0.39, 0.29) is 12.3 Å². The fraction of sp³-hybridized carbons (Fsp3) is 0.150. The number of carbonyl (C=O) groups excluding carboxylic acids is 1. The zero-order chi connectivity index (χ0) is 19.5. The molecule has 28 heavy (non-hydrogen) atoms. The number of rotatable bonds is 6. The van der Waals surface area contributed by atoms with Gasteiger partial charge in [-0.3, -0.25) is 4.79 Å². The van der Waals surface area contributed by atoms with Gasteiger partial charge < -0.3 is 14.5 Å². The molecule has 3 heterocycles. The van der Waals surface area contributed by atoms with Crippen molar-refractivity contribution in [1.82, 2.24) is 14.8 Å². The topological polar surface area (TPSA) is 82.2 Å². The van der Waals surface area contributed by atoms with E-state index in [1.807, 2.05) is 54.8 Å². The fourth-order valence-electron chi connectivity index (χ4n) is 2.75. The number of aryl methyl sites for hydroxylation is 1. The number of amides is 1. The second kappa shape index (κ2) is 7.69. The maximum absolute atomic E-state index is 12.5. The van der Waals surface area contributed by atoms with E-state index >= 15 is 0 Å². The molecule has 0 fully saturated rings. The number of benzene rings is 1. The fourth-order valence-corrected chi connectivity index (χ4v) is 3.53. The number of aromatic nitrogens is 3. The Bertz CT molecular complexity index is 1080. The lowest BCUT2D eigenvalue weighted by Gasteiger charge is -2.07. The highest BCUT2D eigenvalue weighted by Crippen LogP contribution is 2.26. The summed E-state index contributed by atoms with van der Waals surface area (Å²) in [5, 5.41) is 9.93. The van der Waals surface area contributed by atoms with Gasteiger partial charge in [0.1, 0.15) is 17.3 Å². The summed E-state index contributed by atoms with van der Waals surface area (Å²) in [4.78, 5) is 17.1. The molecule has 8 heteroatoms. The predicted molar refractivity (Wildman–Crippen MR) is 107 cm³/mol. The highest BCUT2D eigenvalue weighted by molar-refractivity contribution is 7.12. The van der Waals surface area contributed by atoms with E-state index < -0.39 is 0 Å². The van der Waals surface area contributed by atoms with Crippen molar-refractivity contribution in [2.45, 2.75) is 13.3 Å². The molecule has 0 saturated carbocycles. The van der Waals surface area contributed by atoms with Crippen molar-refractivity contribution in [3.05, 3.63) is 65.4 Å². The van der Waals surface area contributed by atoms with Crippen molar-refractivity contribution in [3.8, 4) is 22.3 Å². The molecule has 0 spiro atoms. The van der Waals surface area contributed by atoms with E-state index in [2.05, 4.69) is 15.4 Å². The van der Waals surface area contributed by atoms with Gasteiger partial charge in [-0.1, -0.05) is 12.1 Å². The summed E-state index contributed by atoms with van der Waals surface area (Å²) in [5.41, 5.74) is 2.42. The molecule has 0 unspecified atom stereocenters. The summed E-state index contributed by atoms with van der Waals surface area (Å²) in [5.74, 6) is 1.90. The van der Waals surface area contributed by atoms with Crippen molar-refractivity contribution in [2.24, 2.45) is 0 Å². The van der Waals surface area contributed by atoms with Crippen LogP contribution in [0.25, 0.3) is 16.6 Å². The normalized spacial score (nSPS) is 10.8. The number of hydrogen-bond acceptors (Lipinski definition) is 6. The molecular formula is C20H18N4O3S. The first-order chi connectivity index (χ1) is 13.6. The lowest BCUT2D eigenvalue weighted by Crippen LogP contribution is -2.17. The Morgan fingerprint density at radius 2 is 2.11 bits per heavy atom. The van der Waals surface area contributed by atoms with Crippen molar-refractivity contribution < 1.29 is 13.9 Å². The number of carbonyl (C=O) groups is 1. The molecule has 1 N–H and O–H groups in total. The van der Waals surface area contributed by atoms with Gasteiger partial charge in [-0.15, -0.1) is 11.3 Å². The number of ether oxygens (including phenoxy) is 1. The summed E-state index contributed by atoms with van der Waals surface area (Å²) in [6.07, 6.45) is 1.86. The Hall–Kier alpha value is -3.39.